The third-order valence-corrected chi connectivity index (χ3v) is 2.20. The van der Waals surface area contributed by atoms with Gasteiger partial charge >= 0.3 is 5.97 Å². The average molecular weight is 183 g/mol. The lowest BCUT2D eigenvalue weighted by atomic mass is 10.1. The molecule has 74 valence electrons. The molecule has 0 saturated carbocycles. The van der Waals surface area contributed by atoms with Crippen molar-refractivity contribution in [3.63, 3.8) is 0 Å². The highest BCUT2D eigenvalue weighted by Gasteiger charge is 2.28. The number of hydrogen-bond acceptors (Lipinski definition) is 3. The van der Waals surface area contributed by atoms with E-state index in [0.29, 0.717) is 6.04 Å². The molecule has 1 saturated heterocycles. The molecule has 0 aliphatic carbocycles. The zero-order chi connectivity index (χ0) is 9.84. The maximum absolute atomic E-state index is 11.1. The van der Waals surface area contributed by atoms with Crippen LogP contribution < -0.4 is 5.32 Å². The normalized spacial score (nSPS) is 27.0. The molecule has 1 heterocycles. The Kier molecular flexibility index (Phi) is 3.48. The summed E-state index contributed by atoms with van der Waals surface area (Å²) in [4.78, 5) is 11.1. The highest BCUT2D eigenvalue weighted by molar-refractivity contribution is 5.76. The lowest BCUT2D eigenvalue weighted by Gasteiger charge is -2.09. The first-order valence-electron chi connectivity index (χ1n) is 4.62. The second kappa shape index (κ2) is 4.42. The minimum absolute atomic E-state index is 0.106. The zero-order valence-electron chi connectivity index (χ0n) is 8.46. The van der Waals surface area contributed by atoms with Gasteiger partial charge in [-0.15, -0.1) is 0 Å². The topological polar surface area (TPSA) is 38.3 Å². The maximum atomic E-state index is 11.1. The van der Waals surface area contributed by atoms with Gasteiger partial charge in [-0.25, -0.2) is 0 Å². The van der Waals surface area contributed by atoms with Crippen LogP contribution in [0.25, 0.3) is 0 Å². The first-order chi connectivity index (χ1) is 6.13. The van der Waals surface area contributed by atoms with Crippen molar-refractivity contribution in [1.29, 1.82) is 0 Å². The van der Waals surface area contributed by atoms with Crippen LogP contribution in [0.2, 0.25) is 0 Å². The largest absolute Gasteiger partial charge is 0.468 e. The number of allylic oxidation sites excluding steroid dienone is 1. The van der Waals surface area contributed by atoms with Crippen LogP contribution >= 0.6 is 0 Å². The van der Waals surface area contributed by atoms with E-state index in [1.54, 1.807) is 0 Å². The van der Waals surface area contributed by atoms with Crippen molar-refractivity contribution in [3.05, 3.63) is 11.6 Å². The first kappa shape index (κ1) is 10.3. The van der Waals surface area contributed by atoms with Gasteiger partial charge in [0.15, 0.2) is 0 Å². The molecule has 13 heavy (non-hydrogen) atoms. The van der Waals surface area contributed by atoms with Crippen LogP contribution in [-0.4, -0.2) is 25.2 Å². The summed E-state index contributed by atoms with van der Waals surface area (Å²) in [6.45, 7) is 4.13. The van der Waals surface area contributed by atoms with Crippen molar-refractivity contribution >= 4 is 5.97 Å². The quantitative estimate of drug-likeness (QED) is 0.517. The summed E-state index contributed by atoms with van der Waals surface area (Å²) in [5.41, 5.74) is 1.28. The smallest absolute Gasteiger partial charge is 0.322 e. The minimum atomic E-state index is -0.148. The van der Waals surface area contributed by atoms with Crippen molar-refractivity contribution in [2.45, 2.75) is 38.8 Å². The molecule has 3 nitrogen and oxygen atoms in total. The Balaban J connectivity index is 2.45. The average Bonchev–Trinajstić information content (AvgIpc) is 2.50. The Morgan fingerprint density at radius 1 is 1.46 bits per heavy atom. The second-order valence-electron chi connectivity index (χ2n) is 3.67. The summed E-state index contributed by atoms with van der Waals surface area (Å²) in [6.07, 6.45) is 4.05. The van der Waals surface area contributed by atoms with Crippen molar-refractivity contribution < 1.29 is 9.53 Å². The molecule has 0 unspecified atom stereocenters. The predicted molar refractivity (Wildman–Crippen MR) is 51.4 cm³/mol. The van der Waals surface area contributed by atoms with Crippen LogP contribution in [0.3, 0.4) is 0 Å². The summed E-state index contributed by atoms with van der Waals surface area (Å²) in [6, 6.07) is 0.236. The molecule has 0 amide bonds. The molecule has 0 aromatic rings. The van der Waals surface area contributed by atoms with Gasteiger partial charge in [0.05, 0.1) is 7.11 Å². The van der Waals surface area contributed by atoms with Crippen molar-refractivity contribution in [2.75, 3.05) is 7.11 Å². The van der Waals surface area contributed by atoms with Gasteiger partial charge in [0.1, 0.15) is 6.04 Å². The van der Waals surface area contributed by atoms with E-state index < -0.39 is 0 Å². The highest BCUT2D eigenvalue weighted by atomic mass is 16.5. The Hall–Kier alpha value is -0.830. The van der Waals surface area contributed by atoms with Gasteiger partial charge in [-0.3, -0.25) is 10.1 Å². The molecule has 0 spiro atoms. The van der Waals surface area contributed by atoms with Crippen LogP contribution in [0.15, 0.2) is 11.6 Å². The van der Waals surface area contributed by atoms with Crippen LogP contribution in [0.5, 0.6) is 0 Å². The molecular weight excluding hydrogens is 166 g/mol. The third kappa shape index (κ3) is 2.84. The molecule has 1 rings (SSSR count). The fourth-order valence-electron chi connectivity index (χ4n) is 1.63. The van der Waals surface area contributed by atoms with E-state index in [-0.39, 0.29) is 12.0 Å². The molecule has 0 bridgehead atoms. The summed E-state index contributed by atoms with van der Waals surface area (Å²) >= 11 is 0. The van der Waals surface area contributed by atoms with Crippen LogP contribution in [0, 0.1) is 0 Å². The van der Waals surface area contributed by atoms with E-state index in [1.165, 1.54) is 12.7 Å². The molecule has 0 aromatic heterocycles. The standard InChI is InChI=1S/C10H17NO2/c1-7(2)6-8-4-5-9(11-8)10(12)13-3/h6,8-9,11H,4-5H2,1-3H3/t8-,9-/m0/s1. The van der Waals surface area contributed by atoms with Gasteiger partial charge < -0.3 is 4.74 Å². The van der Waals surface area contributed by atoms with Gasteiger partial charge in [-0.05, 0) is 26.7 Å². The lowest BCUT2D eigenvalue weighted by Crippen LogP contribution is -2.35. The highest BCUT2D eigenvalue weighted by Crippen LogP contribution is 2.15. The van der Waals surface area contributed by atoms with Crippen molar-refractivity contribution in [2.24, 2.45) is 0 Å². The molecule has 0 aromatic carbocycles. The van der Waals surface area contributed by atoms with Gasteiger partial charge in [-0.1, -0.05) is 11.6 Å². The monoisotopic (exact) mass is 183 g/mol. The second-order valence-corrected chi connectivity index (χ2v) is 3.67. The summed E-state index contributed by atoms with van der Waals surface area (Å²) in [7, 11) is 1.43. The van der Waals surface area contributed by atoms with E-state index >= 15 is 0 Å². The third-order valence-electron chi connectivity index (χ3n) is 2.20. The Morgan fingerprint density at radius 3 is 2.69 bits per heavy atom. The van der Waals surface area contributed by atoms with Crippen molar-refractivity contribution in [1.82, 2.24) is 5.32 Å². The maximum Gasteiger partial charge on any atom is 0.322 e. The molecule has 0 radical (unpaired) electrons. The van der Waals surface area contributed by atoms with Gasteiger partial charge in [-0.2, -0.15) is 0 Å². The van der Waals surface area contributed by atoms with Gasteiger partial charge in [0.2, 0.25) is 0 Å². The summed E-state index contributed by atoms with van der Waals surface area (Å²) < 4.78 is 4.67. The molecule has 1 aliphatic rings. The molecule has 3 heteroatoms. The number of nitrogens with one attached hydrogen (secondary N) is 1. The number of hydrogen-bond donors (Lipinski definition) is 1. The van der Waals surface area contributed by atoms with Crippen LogP contribution in [0.4, 0.5) is 0 Å². The van der Waals surface area contributed by atoms with E-state index in [1.807, 2.05) is 0 Å². The minimum Gasteiger partial charge on any atom is -0.468 e. The lowest BCUT2D eigenvalue weighted by molar-refractivity contribution is -0.142. The van der Waals surface area contributed by atoms with E-state index in [0.717, 1.165) is 12.8 Å². The fraction of sp³-hybridized carbons (Fsp3) is 0.700. The number of carbonyl (C=O) groups is 1. The van der Waals surface area contributed by atoms with Crippen molar-refractivity contribution in [3.8, 4) is 0 Å². The molecule has 1 aliphatic heterocycles. The van der Waals surface area contributed by atoms with E-state index in [9.17, 15) is 4.79 Å². The number of carbonyl (C=O) groups excluding carboxylic acids is 1. The SMILES string of the molecule is COC(=O)[C@@H]1CC[C@@H](C=C(C)C)N1. The van der Waals surface area contributed by atoms with Gasteiger partial charge in [0.25, 0.3) is 0 Å². The zero-order valence-corrected chi connectivity index (χ0v) is 8.46. The molecule has 2 atom stereocenters. The summed E-state index contributed by atoms with van der Waals surface area (Å²) in [5.74, 6) is -0.148. The Morgan fingerprint density at radius 2 is 2.15 bits per heavy atom. The molecule has 1 N–H and O–H groups in total. The fourth-order valence-corrected chi connectivity index (χ4v) is 1.63. The van der Waals surface area contributed by atoms with E-state index in [2.05, 4.69) is 30.0 Å². The predicted octanol–water partition coefficient (Wildman–Crippen LogP) is 1.25. The number of methoxy groups -OCH3 is 1. The first-order valence-corrected chi connectivity index (χ1v) is 4.62. The Bertz CT molecular complexity index is 219. The molecular formula is C10H17NO2. The van der Waals surface area contributed by atoms with Gasteiger partial charge in [0, 0.05) is 6.04 Å². The van der Waals surface area contributed by atoms with E-state index in [4.69, 9.17) is 0 Å². The summed E-state index contributed by atoms with van der Waals surface area (Å²) in [5, 5.41) is 3.22. The number of rotatable bonds is 2. The molecule has 1 fully saturated rings. The Labute approximate surface area is 79.2 Å². The van der Waals surface area contributed by atoms with Crippen LogP contribution in [0.1, 0.15) is 26.7 Å². The number of ether oxygens (including phenoxy) is 1. The number of esters is 1. The van der Waals surface area contributed by atoms with Crippen LogP contribution in [-0.2, 0) is 9.53 Å².